The Morgan fingerprint density at radius 1 is 0.826 bits per heavy atom. The SMILES string of the molecule is Cc1sc2c(c1C)C(c1ccc(Cl)cc1)=N[C@@H](CC(=O)N1CCN(CC(=O)CCOCCOCCOCCOCCNc3cccc4c3C(=O)N(C3CCC(=O)NC3=O)C4=O)CC1)c1nnc(C)n1-2. The number of thiophene rings is 1. The number of aryl methyl sites for hydroxylation is 2. The molecule has 366 valence electrons. The molecule has 4 aliphatic heterocycles. The lowest BCUT2D eigenvalue weighted by Gasteiger charge is -2.34. The number of aliphatic imine (C=N–C) groups is 1. The van der Waals surface area contributed by atoms with Crippen molar-refractivity contribution < 1.29 is 47.7 Å². The van der Waals surface area contributed by atoms with Gasteiger partial charge in [-0.2, -0.15) is 0 Å². The van der Waals surface area contributed by atoms with E-state index in [1.165, 1.54) is 4.88 Å². The van der Waals surface area contributed by atoms with Crippen LogP contribution in [0.5, 0.6) is 0 Å². The Labute approximate surface area is 408 Å². The van der Waals surface area contributed by atoms with Crippen molar-refractivity contribution in [2.45, 2.75) is 58.5 Å². The van der Waals surface area contributed by atoms with Gasteiger partial charge < -0.3 is 29.2 Å². The molecule has 69 heavy (non-hydrogen) atoms. The number of piperidine rings is 1. The molecule has 8 rings (SSSR count). The molecule has 0 bridgehead atoms. The van der Waals surface area contributed by atoms with E-state index in [1.54, 1.807) is 29.5 Å². The molecular weight excluding hydrogens is 930 g/mol. The van der Waals surface area contributed by atoms with Gasteiger partial charge in [0.15, 0.2) is 5.82 Å². The number of carbonyl (C=O) groups is 6. The number of halogens is 1. The fraction of sp³-hybridized carbons (Fsp3) is 0.479. The number of ketones is 1. The highest BCUT2D eigenvalue weighted by atomic mass is 35.5. The monoisotopic (exact) mass is 985 g/mol. The fourth-order valence-electron chi connectivity index (χ4n) is 8.78. The van der Waals surface area contributed by atoms with Gasteiger partial charge in [0, 0.05) is 72.3 Å². The van der Waals surface area contributed by atoms with Crippen LogP contribution in [0, 0.1) is 20.8 Å². The number of rotatable bonds is 22. The Morgan fingerprint density at radius 2 is 1.51 bits per heavy atom. The van der Waals surface area contributed by atoms with Gasteiger partial charge >= 0.3 is 0 Å². The Morgan fingerprint density at radius 3 is 2.20 bits per heavy atom. The molecule has 5 amide bonds. The topological polar surface area (TPSA) is 216 Å². The summed E-state index contributed by atoms with van der Waals surface area (Å²) in [5.74, 6) is -0.784. The maximum absolute atomic E-state index is 13.9. The van der Waals surface area contributed by atoms with Crippen LogP contribution in [0.2, 0.25) is 5.02 Å². The van der Waals surface area contributed by atoms with Crippen molar-refractivity contribution in [2.24, 2.45) is 4.99 Å². The molecule has 2 saturated heterocycles. The van der Waals surface area contributed by atoms with Crippen LogP contribution in [0.25, 0.3) is 5.00 Å². The van der Waals surface area contributed by atoms with Crippen LogP contribution in [0.4, 0.5) is 5.69 Å². The summed E-state index contributed by atoms with van der Waals surface area (Å²) in [4.78, 5) is 88.2. The molecule has 2 atom stereocenters. The van der Waals surface area contributed by atoms with Crippen LogP contribution in [0.3, 0.4) is 0 Å². The molecule has 2 aromatic carbocycles. The van der Waals surface area contributed by atoms with Crippen LogP contribution < -0.4 is 10.6 Å². The number of benzene rings is 2. The highest BCUT2D eigenvalue weighted by molar-refractivity contribution is 7.15. The first-order chi connectivity index (χ1) is 33.4. The zero-order chi connectivity index (χ0) is 48.6. The molecule has 2 fully saturated rings. The van der Waals surface area contributed by atoms with E-state index in [0.29, 0.717) is 109 Å². The molecule has 2 N–H and O–H groups in total. The average molecular weight is 987 g/mol. The van der Waals surface area contributed by atoms with Crippen molar-refractivity contribution >= 4 is 69.7 Å². The van der Waals surface area contributed by atoms with Gasteiger partial charge in [0.1, 0.15) is 28.7 Å². The smallest absolute Gasteiger partial charge is 0.264 e. The number of anilines is 1. The summed E-state index contributed by atoms with van der Waals surface area (Å²) in [5, 5.41) is 15.9. The summed E-state index contributed by atoms with van der Waals surface area (Å²) in [6.07, 6.45) is 0.565. The minimum Gasteiger partial charge on any atom is -0.382 e. The molecule has 1 unspecified atom stereocenters. The molecule has 6 heterocycles. The molecule has 4 aliphatic rings. The van der Waals surface area contributed by atoms with E-state index in [2.05, 4.69) is 39.6 Å². The van der Waals surface area contributed by atoms with E-state index in [9.17, 15) is 28.8 Å². The number of hydrogen-bond donors (Lipinski definition) is 2. The van der Waals surface area contributed by atoms with Crippen molar-refractivity contribution in [1.82, 2.24) is 34.8 Å². The number of nitrogens with one attached hydrogen (secondary N) is 2. The number of piperazine rings is 1. The van der Waals surface area contributed by atoms with Crippen molar-refractivity contribution in [2.75, 3.05) is 97.4 Å². The van der Waals surface area contributed by atoms with Gasteiger partial charge in [-0.1, -0.05) is 29.8 Å². The minimum atomic E-state index is -1.03. The summed E-state index contributed by atoms with van der Waals surface area (Å²) < 4.78 is 24.5. The third-order valence-corrected chi connectivity index (χ3v) is 14.0. The maximum Gasteiger partial charge on any atom is 0.264 e. The summed E-state index contributed by atoms with van der Waals surface area (Å²) in [6, 6.07) is 10.9. The predicted octanol–water partition coefficient (Wildman–Crippen LogP) is 3.87. The first-order valence-corrected chi connectivity index (χ1v) is 24.4. The summed E-state index contributed by atoms with van der Waals surface area (Å²) in [7, 11) is 0. The van der Waals surface area contributed by atoms with E-state index in [0.717, 1.165) is 38.1 Å². The number of imide groups is 2. The molecule has 19 nitrogen and oxygen atoms in total. The Kier molecular flexibility index (Phi) is 16.4. The van der Waals surface area contributed by atoms with Crippen LogP contribution in [0.15, 0.2) is 47.5 Å². The molecular formula is C48H56ClN9O10S. The Bertz CT molecular complexity index is 2610. The van der Waals surface area contributed by atoms with Crippen LogP contribution in [-0.2, 0) is 38.1 Å². The molecule has 0 aliphatic carbocycles. The number of carbonyl (C=O) groups excluding carboxylic acids is 6. The number of ether oxygens (including phenoxy) is 4. The number of aromatic nitrogens is 3. The Hall–Kier alpha value is -5.74. The Balaban J connectivity index is 0.663. The van der Waals surface area contributed by atoms with Crippen molar-refractivity contribution in [3.8, 4) is 5.00 Å². The second kappa shape index (κ2) is 22.8. The van der Waals surface area contributed by atoms with Gasteiger partial charge in [-0.3, -0.25) is 53.4 Å². The van der Waals surface area contributed by atoms with Gasteiger partial charge in [-0.15, -0.1) is 21.5 Å². The van der Waals surface area contributed by atoms with E-state index < -0.39 is 35.7 Å². The highest BCUT2D eigenvalue weighted by Gasteiger charge is 2.45. The fourth-order valence-corrected chi connectivity index (χ4v) is 10.1. The third-order valence-electron chi connectivity index (χ3n) is 12.5. The predicted molar refractivity (Wildman–Crippen MR) is 255 cm³/mol. The summed E-state index contributed by atoms with van der Waals surface area (Å²) in [5.41, 5.74) is 4.73. The quantitative estimate of drug-likeness (QED) is 0.0845. The maximum atomic E-state index is 13.9. The standard InChI is InChI=1S/C48H56ClN9O10S/c1-29-30(2)69-48-41(29)43(32-7-9-33(49)10-8-32)51-37(44-54-53-31(3)57(44)48)27-40(61)56-17-15-55(16-18-56)28-34(59)13-19-65-21-23-67-25-26-68-24-22-66-20-14-50-36-6-4-5-35-42(36)47(64)58(46(35)63)38-11-12-39(60)52-45(38)62/h4-10,37-38,50H,11-28H2,1-3H3,(H,52,60,62)/t37-,38?/m0/s1. The van der Waals surface area contributed by atoms with Crippen molar-refractivity contribution in [1.29, 1.82) is 0 Å². The number of fused-ring (bicyclic) bond motifs is 4. The average Bonchev–Trinajstić information content (AvgIpc) is 3.91. The lowest BCUT2D eigenvalue weighted by molar-refractivity contribution is -0.136. The third kappa shape index (κ3) is 11.5. The number of hydrogen-bond acceptors (Lipinski definition) is 16. The first kappa shape index (κ1) is 49.7. The number of nitrogens with zero attached hydrogens (tertiary/aromatic N) is 7. The number of amides is 5. The zero-order valence-electron chi connectivity index (χ0n) is 38.9. The lowest BCUT2D eigenvalue weighted by Crippen LogP contribution is -2.54. The lowest BCUT2D eigenvalue weighted by atomic mass is 9.99. The molecule has 2 aromatic heterocycles. The van der Waals surface area contributed by atoms with Crippen molar-refractivity contribution in [3.63, 3.8) is 0 Å². The van der Waals surface area contributed by atoms with E-state index >= 15 is 0 Å². The zero-order valence-corrected chi connectivity index (χ0v) is 40.5. The molecule has 21 heteroatoms. The molecule has 0 radical (unpaired) electrons. The largest absolute Gasteiger partial charge is 0.382 e. The van der Waals surface area contributed by atoms with E-state index in [-0.39, 0.29) is 48.5 Å². The number of Topliss-reactive ketones (excluding diaryl/α,β-unsaturated/α-hetero) is 1. The molecule has 0 saturated carbocycles. The first-order valence-electron chi connectivity index (χ1n) is 23.2. The molecule has 0 spiro atoms. The van der Waals surface area contributed by atoms with E-state index in [1.807, 2.05) is 40.7 Å². The minimum absolute atomic E-state index is 0.0223. The second-order valence-corrected chi connectivity index (χ2v) is 18.7. The van der Waals surface area contributed by atoms with Gasteiger partial charge in [-0.25, -0.2) is 0 Å². The van der Waals surface area contributed by atoms with Crippen molar-refractivity contribution in [3.05, 3.63) is 91.8 Å². The van der Waals surface area contributed by atoms with Gasteiger partial charge in [-0.05, 0) is 57.0 Å². The van der Waals surface area contributed by atoms with Gasteiger partial charge in [0.25, 0.3) is 11.8 Å². The van der Waals surface area contributed by atoms with Crippen LogP contribution >= 0.6 is 22.9 Å². The van der Waals surface area contributed by atoms with E-state index in [4.69, 9.17) is 35.5 Å². The summed E-state index contributed by atoms with van der Waals surface area (Å²) in [6.45, 7) is 11.7. The normalized spacial score (nSPS) is 18.2. The highest BCUT2D eigenvalue weighted by Crippen LogP contribution is 2.40. The van der Waals surface area contributed by atoms with Crippen LogP contribution in [-0.4, -0.2) is 169 Å². The molecule has 4 aromatic rings. The van der Waals surface area contributed by atoms with Gasteiger partial charge in [0.05, 0.1) is 82.7 Å². The summed E-state index contributed by atoms with van der Waals surface area (Å²) >= 11 is 7.93. The second-order valence-electron chi connectivity index (χ2n) is 17.1. The van der Waals surface area contributed by atoms with Gasteiger partial charge in [0.2, 0.25) is 17.7 Å². The van der Waals surface area contributed by atoms with Crippen LogP contribution in [0.1, 0.15) is 85.7 Å².